The number of imide groups is 1. The van der Waals surface area contributed by atoms with Crippen LogP contribution in [-0.4, -0.2) is 196 Å². The molecule has 18 N–H and O–H groups in total. The summed E-state index contributed by atoms with van der Waals surface area (Å²) in [6, 6.07) is 5.17. The van der Waals surface area contributed by atoms with Crippen LogP contribution in [0.3, 0.4) is 0 Å². The molecule has 14 atom stereocenters. The highest BCUT2D eigenvalue weighted by molar-refractivity contribution is 8.08. The topological polar surface area (TPSA) is 540 Å². The lowest BCUT2D eigenvalue weighted by atomic mass is 9.89. The van der Waals surface area contributed by atoms with Gasteiger partial charge in [0.25, 0.3) is 11.8 Å². The Morgan fingerprint density at radius 3 is 1.84 bits per heavy atom. The Morgan fingerprint density at radius 1 is 0.574 bits per heavy atom. The van der Waals surface area contributed by atoms with Crippen molar-refractivity contribution in [1.82, 2.24) is 57.1 Å². The maximum atomic E-state index is 16.3. The van der Waals surface area contributed by atoms with E-state index < -0.39 is 226 Å². The number of carboxylic acids is 1. The number of carbonyl (C=O) groups excluding carboxylic acids is 8. The van der Waals surface area contributed by atoms with Crippen LogP contribution in [0.2, 0.25) is 10.0 Å². The number of ether oxygens (including phenoxy) is 5. The van der Waals surface area contributed by atoms with Gasteiger partial charge in [0, 0.05) is 42.2 Å². The lowest BCUT2D eigenvalue weighted by molar-refractivity contribution is -0.284. The largest absolute Gasteiger partial charge is 0.508 e. The quantitative estimate of drug-likeness (QED) is 0.0198. The number of phenols is 6. The van der Waals surface area contributed by atoms with Crippen molar-refractivity contribution < 1.29 is 123 Å². The van der Waals surface area contributed by atoms with Crippen molar-refractivity contribution in [2.75, 3.05) is 18.1 Å². The molecule has 0 spiro atoms. The lowest BCUT2D eigenvalue weighted by Gasteiger charge is -2.44. The first-order chi connectivity index (χ1) is 61.9. The molecule has 0 saturated carbocycles. The minimum Gasteiger partial charge on any atom is -0.508 e. The van der Waals surface area contributed by atoms with Gasteiger partial charge in [-0.3, -0.25) is 48.6 Å². The fraction of sp³-hybridized carbons (Fsp3) is 0.382. The molecule has 682 valence electrons. The van der Waals surface area contributed by atoms with Crippen molar-refractivity contribution in [2.24, 2.45) is 0 Å². The molecule has 1 saturated heterocycles. The molecule has 1 fully saturated rings. The summed E-state index contributed by atoms with van der Waals surface area (Å²) in [7, 11) is 0. The van der Waals surface area contributed by atoms with Crippen LogP contribution >= 0.6 is 46.7 Å². The van der Waals surface area contributed by atoms with E-state index in [-0.39, 0.29) is 67.1 Å². The number of nitrogens with one attached hydrogen (secondary N) is 7. The van der Waals surface area contributed by atoms with E-state index in [2.05, 4.69) is 61.4 Å². The number of hydrogen-bond donors (Lipinski definition) is 18. The Bertz CT molecular complexity index is 5650. The third kappa shape index (κ3) is 20.9. The number of aliphatic hydroxyl groups excluding tert-OH is 4. The number of aromatic nitrogens is 3. The molecule has 36 nitrogen and oxygen atoms in total. The first-order valence-corrected chi connectivity index (χ1v) is 44.6. The number of benzene rings is 7. The normalized spacial score (nSPS) is 23.5. The van der Waals surface area contributed by atoms with Gasteiger partial charge < -0.3 is 112 Å². The number of fused-ring (bicyclic) bond motifs is 14. The van der Waals surface area contributed by atoms with Crippen LogP contribution in [0.25, 0.3) is 11.1 Å². The van der Waals surface area contributed by atoms with Gasteiger partial charge in [0.15, 0.2) is 41.4 Å². The molecule has 8 amide bonds. The van der Waals surface area contributed by atoms with Crippen molar-refractivity contribution in [3.8, 4) is 80.1 Å². The van der Waals surface area contributed by atoms with Gasteiger partial charge in [-0.25, -0.2) is 9.48 Å². The van der Waals surface area contributed by atoms with Crippen molar-refractivity contribution in [3.05, 3.63) is 186 Å². The average molecular weight is 1850 g/mol. The highest BCUT2D eigenvalue weighted by Gasteiger charge is 2.50. The maximum absolute atomic E-state index is 16.3. The van der Waals surface area contributed by atoms with E-state index >= 15 is 24.0 Å². The predicted octanol–water partition coefficient (Wildman–Crippen LogP) is 9.19. The number of thioether (sulfide) groups is 2. The SMILES string of the molecule is CCCCCCCCSC1=C(SCCCCCCCC)C(=O)N(Cc2cn(C3C(=O)N[C@@H]4Cc5ccc(c(Cl)c5)Oc5cc6cc(c5O)Oc5ccc(cc5Cl)[C@@H](O[C@@H]5O[C@H](CO)[C@@H](O)[C@H](O)[C@H]5NC(C)=O)[C@H]5NC(=O)[C@H](NC(O)[C@@H]6NC(=O)[C@@H](NC4=O)c4cc(O)cc(c4)Oc4cc3ccc4O)c3ccc(O)c(c3)-c3c(O)cc(O)cc3[C@H](C(=O)O)NC5=O)nn2)C1=O. The number of aliphatic carboxylic acids is 1. The molecule has 8 aliphatic heterocycles. The first kappa shape index (κ1) is 93.2. The third-order valence-electron chi connectivity index (χ3n) is 22.7. The van der Waals surface area contributed by atoms with E-state index in [1.165, 1.54) is 78.3 Å². The lowest BCUT2D eigenvalue weighted by Crippen LogP contribution is -2.65. The van der Waals surface area contributed by atoms with Crippen molar-refractivity contribution >= 4 is 100.0 Å². The summed E-state index contributed by atoms with van der Waals surface area (Å²) < 4.78 is 32.9. The molecule has 17 bridgehead atoms. The zero-order chi connectivity index (χ0) is 91.9. The Hall–Kier alpha value is -12.0. The zero-order valence-electron chi connectivity index (χ0n) is 69.6. The number of nitrogens with zero attached hydrogens (tertiary/aromatic N) is 4. The van der Waals surface area contributed by atoms with Gasteiger partial charge in [-0.15, -0.1) is 28.6 Å². The van der Waals surface area contributed by atoms with Crippen LogP contribution in [0.4, 0.5) is 0 Å². The third-order valence-corrected chi connectivity index (χ3v) is 25.8. The average Bonchev–Trinajstić information content (AvgIpc) is 1.77. The minimum absolute atomic E-state index is 0.0377. The van der Waals surface area contributed by atoms with Crippen LogP contribution in [0.5, 0.6) is 69.0 Å². The Labute approximate surface area is 756 Å². The number of carboxylic acid groups (broad SMARTS) is 1. The van der Waals surface area contributed by atoms with E-state index in [4.69, 9.17) is 46.9 Å². The van der Waals surface area contributed by atoms with Gasteiger partial charge >= 0.3 is 5.97 Å². The van der Waals surface area contributed by atoms with Crippen LogP contribution in [-0.2, 0) is 65.6 Å². The molecule has 9 heterocycles. The van der Waals surface area contributed by atoms with Crippen LogP contribution in [0.1, 0.15) is 179 Å². The van der Waals surface area contributed by atoms with E-state index in [9.17, 15) is 75.3 Å². The first-order valence-electron chi connectivity index (χ1n) is 41.9. The van der Waals surface area contributed by atoms with Gasteiger partial charge in [-0.1, -0.05) is 131 Å². The Morgan fingerprint density at radius 2 is 1.19 bits per heavy atom. The van der Waals surface area contributed by atoms with Crippen molar-refractivity contribution in [1.29, 1.82) is 0 Å². The summed E-state index contributed by atoms with van der Waals surface area (Å²) in [6.07, 6.45) is 0.673. The van der Waals surface area contributed by atoms with Gasteiger partial charge in [-0.2, -0.15) is 0 Å². The van der Waals surface area contributed by atoms with E-state index in [1.54, 1.807) is 0 Å². The molecule has 129 heavy (non-hydrogen) atoms. The number of halogens is 2. The number of hydrogen-bond acceptors (Lipinski definition) is 29. The molecule has 8 aliphatic rings. The summed E-state index contributed by atoms with van der Waals surface area (Å²) in [5, 5.41) is 155. The molecule has 1 aromatic heterocycles. The molecule has 16 rings (SSSR count). The van der Waals surface area contributed by atoms with Gasteiger partial charge in [0.2, 0.25) is 41.2 Å². The summed E-state index contributed by atoms with van der Waals surface area (Å²) >= 11 is 17.0. The van der Waals surface area contributed by atoms with E-state index in [0.29, 0.717) is 21.3 Å². The van der Waals surface area contributed by atoms with E-state index in [1.807, 2.05) is 0 Å². The molecule has 0 radical (unpaired) electrons. The maximum Gasteiger partial charge on any atom is 0.330 e. The second-order valence-corrected chi connectivity index (χ2v) is 35.0. The zero-order valence-corrected chi connectivity index (χ0v) is 72.8. The molecule has 0 aliphatic carbocycles. The monoisotopic (exact) mass is 1850 g/mol. The summed E-state index contributed by atoms with van der Waals surface area (Å²) in [5.74, 6) is -15.7. The number of unbranched alkanes of at least 4 members (excludes halogenated alkanes) is 10. The number of phenolic OH excluding ortho intramolecular Hbond substituents is 6. The predicted molar refractivity (Wildman–Crippen MR) is 466 cm³/mol. The number of amides is 8. The number of aliphatic hydroxyl groups is 4. The van der Waals surface area contributed by atoms with Crippen LogP contribution in [0.15, 0.2) is 131 Å². The standard InChI is InChI=1S/C89H95Cl2N11O25S2/c1-4-6-8-10-12-14-24-128-78-79(129-25-15-13-11-9-7-5-2)87(120)101(86(78)119)38-48-39-102(100-99-48)73-44-18-21-58(108)62(32-44)123-51-29-46(28-49(105)35-51)68-82(115)96-69-47-33-63(124-60-22-16-42(26-54(60)90)27-56(80(113)94-68)93-85(73)118)74(110)64(34-47)125-61-23-19-45(31-55(61)91)77(127-89-71(92-41(3)104)76(112)75(111)65(40-103)126-89)72-84(117)97-70(88(121)122)53-36-50(106)37-59(109)66(53)52-30-43(17-20-57(52)107)67(81(114)98-72)95-83(69)116/h16-23,26,28-37,39,56,65,67-73,75-77,83,89,95,103,105-112,116H,4-15,24-25,27,38,40H2,1-3H3,(H,92,104)(H,93,118)(H,94,113)(H,96,115)(H,97,117)(H,98,114)(H,121,122)/t56-,65-,67-,68+,69-,70-,71-,72-,73?,75-,76-,77-,83?,89+/m1/s1. The summed E-state index contributed by atoms with van der Waals surface area (Å²) in [5.41, 5.74) is -2.57. The van der Waals surface area contributed by atoms with Crippen molar-refractivity contribution in [3.63, 3.8) is 0 Å². The van der Waals surface area contributed by atoms with Crippen LogP contribution < -0.4 is 51.4 Å². The van der Waals surface area contributed by atoms with Gasteiger partial charge in [0.1, 0.15) is 107 Å². The molecular formula is C89H95Cl2N11O25S2. The number of carbonyl (C=O) groups is 9. The summed E-state index contributed by atoms with van der Waals surface area (Å²) in [6.45, 7) is 3.91. The Balaban J connectivity index is 0.883. The highest BCUT2D eigenvalue weighted by Crippen LogP contribution is 2.50. The summed E-state index contributed by atoms with van der Waals surface area (Å²) in [4.78, 5) is 138. The molecule has 7 aromatic carbocycles. The number of rotatable bonds is 24. The fourth-order valence-electron chi connectivity index (χ4n) is 16.2. The highest BCUT2D eigenvalue weighted by atomic mass is 35.5. The second-order valence-electron chi connectivity index (χ2n) is 32.0. The smallest absolute Gasteiger partial charge is 0.330 e. The van der Waals surface area contributed by atoms with Crippen LogP contribution in [0, 0.1) is 0 Å². The Kier molecular flexibility index (Phi) is 29.5. The van der Waals surface area contributed by atoms with E-state index in [0.717, 1.165) is 160 Å². The minimum atomic E-state index is -2.50. The molecular weight excluding hydrogens is 1760 g/mol. The molecule has 8 aromatic rings. The van der Waals surface area contributed by atoms with Crippen molar-refractivity contribution in [2.45, 2.75) is 196 Å². The number of aromatic hydroxyl groups is 6. The molecule has 40 heteroatoms. The fourth-order valence-corrected chi connectivity index (χ4v) is 19.0. The second kappa shape index (κ2) is 40.8. The van der Waals surface area contributed by atoms with Gasteiger partial charge in [-0.05, 0) is 137 Å². The van der Waals surface area contributed by atoms with Gasteiger partial charge in [0.05, 0.1) is 45.2 Å². The molecule has 2 unspecified atom stereocenters.